The third kappa shape index (κ3) is 3.46. The Labute approximate surface area is 275 Å². The number of rotatable bonds is 3. The summed E-state index contributed by atoms with van der Waals surface area (Å²) < 4.78 is 0. The lowest BCUT2D eigenvalue weighted by atomic mass is 9.43. The van der Waals surface area contributed by atoms with E-state index in [0.29, 0.717) is 0 Å². The summed E-state index contributed by atoms with van der Waals surface area (Å²) in [5, 5.41) is 3.13. The van der Waals surface area contributed by atoms with Crippen molar-refractivity contribution in [2.45, 2.75) is 64.5 Å². The Morgan fingerprint density at radius 3 is 1.93 bits per heavy atom. The van der Waals surface area contributed by atoms with Crippen LogP contribution >= 0.6 is 0 Å². The minimum Gasteiger partial charge on any atom is -0.310 e. The molecule has 5 aliphatic carbocycles. The summed E-state index contributed by atoms with van der Waals surface area (Å²) in [6.45, 7) is 9.56. The molecule has 5 aromatic rings. The lowest BCUT2D eigenvalue weighted by Crippen LogP contribution is -2.55. The highest BCUT2D eigenvalue weighted by Gasteiger charge is 2.61. The molecule has 4 bridgehead atoms. The van der Waals surface area contributed by atoms with E-state index in [-0.39, 0.29) is 5.41 Å². The van der Waals surface area contributed by atoms with Crippen LogP contribution in [0.1, 0.15) is 54.4 Å². The van der Waals surface area contributed by atoms with Gasteiger partial charge >= 0.3 is 0 Å². The Bertz CT molecular complexity index is 2040. The zero-order valence-corrected chi connectivity index (χ0v) is 28.6. The lowest BCUT2D eigenvalue weighted by molar-refractivity contribution is -0.0399. The van der Waals surface area contributed by atoms with Gasteiger partial charge in [-0.1, -0.05) is 85.9 Å². The van der Waals surface area contributed by atoms with Crippen LogP contribution in [0, 0.1) is 37.5 Å². The minimum atomic E-state index is -1.82. The zero-order valence-electron chi connectivity index (χ0n) is 27.6. The van der Waals surface area contributed by atoms with Crippen LogP contribution in [0.2, 0.25) is 13.1 Å². The first kappa shape index (κ1) is 27.3. The summed E-state index contributed by atoms with van der Waals surface area (Å²) >= 11 is 0. The summed E-state index contributed by atoms with van der Waals surface area (Å²) in [6.07, 6.45) is 7.13. The summed E-state index contributed by atoms with van der Waals surface area (Å²) in [5.41, 5.74) is 15.8. The topological polar surface area (TPSA) is 3.24 Å². The Morgan fingerprint density at radius 1 is 0.565 bits per heavy atom. The molecular formula is C44H43NSi. The SMILES string of the molecule is Cc1cc(C)cc(N(c2ccc3c(c2)C2(c4ccccc4-3)C3CC4CC(C3)CC2C4)c2cccc3c2-c2ccccc2[Si]3(C)C)c1. The maximum atomic E-state index is 2.66. The van der Waals surface area contributed by atoms with E-state index in [1.165, 1.54) is 82.5 Å². The second-order valence-corrected chi connectivity index (χ2v) is 20.3. The Kier molecular flexibility index (Phi) is 5.54. The number of benzene rings is 5. The summed E-state index contributed by atoms with van der Waals surface area (Å²) in [5.74, 6) is 3.41. The molecular weight excluding hydrogens is 571 g/mol. The van der Waals surface area contributed by atoms with E-state index in [2.05, 4.69) is 135 Å². The van der Waals surface area contributed by atoms with E-state index < -0.39 is 8.07 Å². The molecule has 4 saturated carbocycles. The predicted molar refractivity (Wildman–Crippen MR) is 196 cm³/mol. The van der Waals surface area contributed by atoms with E-state index in [4.69, 9.17) is 0 Å². The van der Waals surface area contributed by atoms with Crippen LogP contribution in [0.3, 0.4) is 0 Å². The fourth-order valence-electron chi connectivity index (χ4n) is 11.7. The molecule has 1 aliphatic heterocycles. The molecule has 5 aromatic carbocycles. The van der Waals surface area contributed by atoms with Gasteiger partial charge < -0.3 is 4.90 Å². The smallest absolute Gasteiger partial charge is 0.113 e. The molecule has 228 valence electrons. The van der Waals surface area contributed by atoms with Crippen LogP contribution in [0.15, 0.2) is 103 Å². The molecule has 46 heavy (non-hydrogen) atoms. The average molecular weight is 614 g/mol. The van der Waals surface area contributed by atoms with E-state index in [0.717, 1.165) is 23.7 Å². The van der Waals surface area contributed by atoms with Gasteiger partial charge in [0.2, 0.25) is 0 Å². The summed E-state index contributed by atoms with van der Waals surface area (Å²) in [7, 11) is -1.82. The van der Waals surface area contributed by atoms with Crippen molar-refractivity contribution in [1.82, 2.24) is 0 Å². The molecule has 6 aliphatic rings. The lowest BCUT2D eigenvalue weighted by Gasteiger charge is -2.61. The molecule has 2 heteroatoms. The summed E-state index contributed by atoms with van der Waals surface area (Å²) in [6, 6.07) is 40.6. The first-order valence-electron chi connectivity index (χ1n) is 17.7. The van der Waals surface area contributed by atoms with Gasteiger partial charge in [-0.3, -0.25) is 0 Å². The van der Waals surface area contributed by atoms with Crippen molar-refractivity contribution < 1.29 is 0 Å². The van der Waals surface area contributed by atoms with Gasteiger partial charge in [-0.2, -0.15) is 0 Å². The Balaban J connectivity index is 1.24. The molecule has 11 rings (SSSR count). The highest BCUT2D eigenvalue weighted by Crippen LogP contribution is 2.69. The largest absolute Gasteiger partial charge is 0.310 e. The number of fused-ring (bicyclic) bond motifs is 6. The monoisotopic (exact) mass is 613 g/mol. The molecule has 1 spiro atoms. The van der Waals surface area contributed by atoms with Crippen LogP contribution in [0.4, 0.5) is 17.1 Å². The first-order chi connectivity index (χ1) is 22.3. The van der Waals surface area contributed by atoms with Crippen molar-refractivity contribution in [1.29, 1.82) is 0 Å². The van der Waals surface area contributed by atoms with Crippen LogP contribution in [0.5, 0.6) is 0 Å². The van der Waals surface area contributed by atoms with Gasteiger partial charge in [-0.05, 0) is 149 Å². The van der Waals surface area contributed by atoms with Gasteiger partial charge in [-0.25, -0.2) is 0 Å². The highest BCUT2D eigenvalue weighted by molar-refractivity contribution is 7.04. The second-order valence-electron chi connectivity index (χ2n) is 16.0. The molecule has 1 nitrogen and oxygen atoms in total. The molecule has 1 heterocycles. The van der Waals surface area contributed by atoms with Crippen LogP contribution in [0.25, 0.3) is 22.3 Å². The van der Waals surface area contributed by atoms with Gasteiger partial charge in [0.05, 0.1) is 5.69 Å². The van der Waals surface area contributed by atoms with Gasteiger partial charge in [-0.15, -0.1) is 0 Å². The second kappa shape index (κ2) is 9.35. The average Bonchev–Trinajstić information content (AvgIpc) is 3.46. The first-order valence-corrected chi connectivity index (χ1v) is 20.7. The molecule has 0 radical (unpaired) electrons. The molecule has 0 unspecified atom stereocenters. The van der Waals surface area contributed by atoms with Crippen molar-refractivity contribution in [2.24, 2.45) is 23.7 Å². The van der Waals surface area contributed by atoms with E-state index in [9.17, 15) is 0 Å². The molecule has 0 atom stereocenters. The number of nitrogens with zero attached hydrogens (tertiary/aromatic N) is 1. The van der Waals surface area contributed by atoms with Crippen LogP contribution in [-0.4, -0.2) is 8.07 Å². The van der Waals surface area contributed by atoms with Crippen molar-refractivity contribution in [3.63, 3.8) is 0 Å². The normalized spacial score (nSPS) is 27.0. The summed E-state index contributed by atoms with van der Waals surface area (Å²) in [4.78, 5) is 2.62. The maximum absolute atomic E-state index is 2.66. The van der Waals surface area contributed by atoms with Gasteiger partial charge in [0, 0.05) is 22.4 Å². The van der Waals surface area contributed by atoms with E-state index in [1.54, 1.807) is 21.5 Å². The third-order valence-corrected chi connectivity index (χ3v) is 16.6. The fraction of sp³-hybridized carbons (Fsp3) is 0.318. The van der Waals surface area contributed by atoms with Crippen LogP contribution in [-0.2, 0) is 5.41 Å². The number of hydrogen-bond acceptors (Lipinski definition) is 1. The molecule has 0 saturated heterocycles. The zero-order chi connectivity index (χ0) is 30.9. The highest BCUT2D eigenvalue weighted by atomic mass is 28.3. The van der Waals surface area contributed by atoms with Gasteiger partial charge in [0.1, 0.15) is 8.07 Å². The molecule has 0 N–H and O–H groups in total. The number of hydrogen-bond donors (Lipinski definition) is 0. The van der Waals surface area contributed by atoms with Crippen molar-refractivity contribution in [2.75, 3.05) is 4.90 Å². The molecule has 4 fully saturated rings. The number of anilines is 3. The fourth-order valence-corrected chi connectivity index (χ4v) is 14.8. The minimum absolute atomic E-state index is 0.156. The number of aryl methyl sites for hydroxylation is 2. The third-order valence-electron chi connectivity index (χ3n) is 13.1. The van der Waals surface area contributed by atoms with Crippen molar-refractivity contribution in [3.05, 3.63) is 125 Å². The van der Waals surface area contributed by atoms with Gasteiger partial charge in [0.25, 0.3) is 0 Å². The quantitative estimate of drug-likeness (QED) is 0.183. The standard InChI is InChI=1S/C44H43NSi/c1-27-18-28(2)20-34(19-27)45(40-13-9-15-42-43(40)37-11-6-8-14-41(37)46(42,3)4)33-16-17-36-35-10-5-7-12-38(35)44(39(36)26-33)31-22-29-21-30(24-31)25-32(44)23-29/h5-20,26,29-32H,21-25H2,1-4H3. The van der Waals surface area contributed by atoms with E-state index in [1.807, 2.05) is 0 Å². The molecule has 0 amide bonds. The van der Waals surface area contributed by atoms with Crippen molar-refractivity contribution >= 4 is 35.5 Å². The Morgan fingerprint density at radius 2 is 1.20 bits per heavy atom. The van der Waals surface area contributed by atoms with E-state index >= 15 is 0 Å². The predicted octanol–water partition coefficient (Wildman–Crippen LogP) is 10.3. The molecule has 0 aromatic heterocycles. The van der Waals surface area contributed by atoms with Crippen LogP contribution < -0.4 is 15.3 Å². The Hall–Kier alpha value is -3.88. The van der Waals surface area contributed by atoms with Crippen molar-refractivity contribution in [3.8, 4) is 22.3 Å². The van der Waals surface area contributed by atoms with Gasteiger partial charge in [0.15, 0.2) is 0 Å². The maximum Gasteiger partial charge on any atom is 0.113 e.